The lowest BCUT2D eigenvalue weighted by atomic mass is 9.66. The molecule has 2 rings (SSSR count). The number of halogens is 1. The molecule has 3 N–H and O–H groups in total. The van der Waals surface area contributed by atoms with Crippen LogP contribution in [0.5, 0.6) is 0 Å². The van der Waals surface area contributed by atoms with Gasteiger partial charge in [-0.15, -0.1) is 0 Å². The molecule has 1 heterocycles. The van der Waals surface area contributed by atoms with Gasteiger partial charge >= 0.3 is 0 Å². The smallest absolute Gasteiger partial charge is 0.141 e. The molecule has 0 bridgehead atoms. The predicted molar refractivity (Wildman–Crippen MR) is 77.5 cm³/mol. The van der Waals surface area contributed by atoms with Crippen molar-refractivity contribution in [3.05, 3.63) is 29.8 Å². The highest BCUT2D eigenvalue weighted by atomic mass is 19.1. The summed E-state index contributed by atoms with van der Waals surface area (Å²) in [6.45, 7) is 4.56. The number of hydrogen-bond donors (Lipinski definition) is 2. The van der Waals surface area contributed by atoms with Crippen LogP contribution >= 0.6 is 0 Å². The summed E-state index contributed by atoms with van der Waals surface area (Å²) in [7, 11) is 0. The molecule has 1 aromatic heterocycles. The van der Waals surface area contributed by atoms with Crippen LogP contribution in [0.1, 0.15) is 51.6 Å². The highest BCUT2D eigenvalue weighted by molar-refractivity contribution is 5.20. The van der Waals surface area contributed by atoms with Crippen molar-refractivity contribution in [1.29, 1.82) is 0 Å². The quantitative estimate of drug-likeness (QED) is 0.871. The third kappa shape index (κ3) is 2.35. The van der Waals surface area contributed by atoms with Crippen molar-refractivity contribution in [1.82, 2.24) is 4.98 Å². The van der Waals surface area contributed by atoms with Gasteiger partial charge in [0.25, 0.3) is 0 Å². The molecule has 112 valence electrons. The Kier molecular flexibility index (Phi) is 4.45. The first-order valence-corrected chi connectivity index (χ1v) is 7.56. The minimum atomic E-state index is -1.07. The van der Waals surface area contributed by atoms with Gasteiger partial charge in [0.15, 0.2) is 0 Å². The average Bonchev–Trinajstić information content (AvgIpc) is 2.92. The van der Waals surface area contributed by atoms with E-state index in [1.54, 1.807) is 6.07 Å². The molecule has 20 heavy (non-hydrogen) atoms. The Labute approximate surface area is 120 Å². The molecule has 1 fully saturated rings. The summed E-state index contributed by atoms with van der Waals surface area (Å²) in [5.41, 5.74) is 5.19. The largest absolute Gasteiger partial charge is 0.383 e. The first kappa shape index (κ1) is 15.4. The maximum Gasteiger partial charge on any atom is 0.141 e. The Morgan fingerprint density at radius 2 is 2.25 bits per heavy atom. The third-order valence-electron chi connectivity index (χ3n) is 5.22. The van der Waals surface area contributed by atoms with Gasteiger partial charge in [-0.05, 0) is 43.7 Å². The van der Waals surface area contributed by atoms with E-state index in [1.165, 1.54) is 12.3 Å². The van der Waals surface area contributed by atoms with Crippen molar-refractivity contribution >= 4 is 0 Å². The summed E-state index contributed by atoms with van der Waals surface area (Å²) in [5.74, 6) is 0.226. The lowest BCUT2D eigenvalue weighted by Crippen LogP contribution is -2.49. The molecule has 4 heteroatoms. The van der Waals surface area contributed by atoms with Gasteiger partial charge in [-0.1, -0.05) is 20.3 Å². The van der Waals surface area contributed by atoms with Gasteiger partial charge in [0.2, 0.25) is 0 Å². The van der Waals surface area contributed by atoms with Crippen molar-refractivity contribution in [2.75, 3.05) is 6.54 Å². The molecule has 0 spiro atoms. The van der Waals surface area contributed by atoms with Crippen LogP contribution < -0.4 is 5.73 Å². The van der Waals surface area contributed by atoms with Gasteiger partial charge in [-0.2, -0.15) is 0 Å². The van der Waals surface area contributed by atoms with Gasteiger partial charge in [0, 0.05) is 12.0 Å². The highest BCUT2D eigenvalue weighted by Crippen LogP contribution is 2.54. The van der Waals surface area contributed by atoms with E-state index in [2.05, 4.69) is 11.9 Å². The molecule has 0 aromatic carbocycles. The Bertz CT molecular complexity index is 450. The molecule has 3 unspecified atom stereocenters. The maximum absolute atomic E-state index is 13.1. The zero-order valence-electron chi connectivity index (χ0n) is 12.4. The number of nitrogens with two attached hydrogens (primary N) is 1. The fourth-order valence-corrected chi connectivity index (χ4v) is 3.76. The standard InChI is InChI=1S/C16H25FN2O/c1-3-12-7-8-15(9-12,11-18)16(20,4-2)14-6-5-13(17)10-19-14/h5-6,10,12,20H,3-4,7-9,11,18H2,1-2H3. The Morgan fingerprint density at radius 1 is 1.50 bits per heavy atom. The fraction of sp³-hybridized carbons (Fsp3) is 0.688. The Hall–Kier alpha value is -1.00. The molecule has 1 aliphatic rings. The molecule has 0 aliphatic heterocycles. The van der Waals surface area contributed by atoms with Crippen molar-refractivity contribution in [2.45, 2.75) is 51.6 Å². The number of nitrogens with zero attached hydrogens (tertiary/aromatic N) is 1. The molecule has 1 aliphatic carbocycles. The van der Waals surface area contributed by atoms with Crippen molar-refractivity contribution in [3.8, 4) is 0 Å². The maximum atomic E-state index is 13.1. The molecule has 0 saturated heterocycles. The average molecular weight is 280 g/mol. The van der Waals surface area contributed by atoms with Gasteiger partial charge in [-0.3, -0.25) is 4.98 Å². The molecule has 3 atom stereocenters. The van der Waals surface area contributed by atoms with E-state index in [9.17, 15) is 9.50 Å². The molecule has 0 amide bonds. The van der Waals surface area contributed by atoms with E-state index in [4.69, 9.17) is 5.73 Å². The van der Waals surface area contributed by atoms with Gasteiger partial charge < -0.3 is 10.8 Å². The fourth-order valence-electron chi connectivity index (χ4n) is 3.76. The van der Waals surface area contributed by atoms with Crippen molar-refractivity contribution < 1.29 is 9.50 Å². The summed E-state index contributed by atoms with van der Waals surface area (Å²) in [6, 6.07) is 2.95. The number of rotatable bonds is 5. The van der Waals surface area contributed by atoms with Crippen molar-refractivity contribution in [2.24, 2.45) is 17.1 Å². The van der Waals surface area contributed by atoms with E-state index in [0.29, 0.717) is 24.6 Å². The predicted octanol–water partition coefficient (Wildman–Crippen LogP) is 2.97. The summed E-state index contributed by atoms with van der Waals surface area (Å²) >= 11 is 0. The van der Waals surface area contributed by atoms with Crippen LogP contribution in [0, 0.1) is 17.2 Å². The number of aromatic nitrogens is 1. The SMILES string of the molecule is CCC1CCC(CN)(C(O)(CC)c2ccc(F)cn2)C1. The van der Waals surface area contributed by atoms with E-state index in [1.807, 2.05) is 6.92 Å². The van der Waals surface area contributed by atoms with E-state index in [-0.39, 0.29) is 11.2 Å². The topological polar surface area (TPSA) is 59.1 Å². The van der Waals surface area contributed by atoms with Gasteiger partial charge in [0.05, 0.1) is 11.9 Å². The monoisotopic (exact) mass is 280 g/mol. The molecular formula is C16H25FN2O. The van der Waals surface area contributed by atoms with Gasteiger partial charge in [-0.25, -0.2) is 4.39 Å². The van der Waals surface area contributed by atoms with E-state index < -0.39 is 5.60 Å². The number of hydrogen-bond acceptors (Lipinski definition) is 3. The summed E-state index contributed by atoms with van der Waals surface area (Å²) in [6.07, 6.45) is 5.75. The number of pyridine rings is 1. The van der Waals surface area contributed by atoms with E-state index >= 15 is 0 Å². The normalized spacial score (nSPS) is 29.4. The second-order valence-electron chi connectivity index (χ2n) is 6.08. The first-order chi connectivity index (χ1) is 9.51. The first-order valence-electron chi connectivity index (χ1n) is 7.56. The summed E-state index contributed by atoms with van der Waals surface area (Å²) in [4.78, 5) is 4.13. The summed E-state index contributed by atoms with van der Waals surface area (Å²) in [5, 5.41) is 11.3. The Morgan fingerprint density at radius 3 is 2.70 bits per heavy atom. The highest BCUT2D eigenvalue weighted by Gasteiger charge is 2.53. The van der Waals surface area contributed by atoms with Crippen molar-refractivity contribution in [3.63, 3.8) is 0 Å². The van der Waals surface area contributed by atoms with Gasteiger partial charge in [0.1, 0.15) is 11.4 Å². The molecule has 0 radical (unpaired) electrons. The second-order valence-corrected chi connectivity index (χ2v) is 6.08. The second kappa shape index (κ2) is 5.78. The zero-order valence-corrected chi connectivity index (χ0v) is 12.4. The molecule has 1 saturated carbocycles. The molecule has 1 aromatic rings. The number of aliphatic hydroxyl groups is 1. The molecule has 3 nitrogen and oxygen atoms in total. The van der Waals surface area contributed by atoms with Crippen LogP contribution in [-0.2, 0) is 5.60 Å². The molecular weight excluding hydrogens is 255 g/mol. The van der Waals surface area contributed by atoms with Crippen LogP contribution in [0.3, 0.4) is 0 Å². The minimum absolute atomic E-state index is 0.340. The van der Waals surface area contributed by atoms with Crippen LogP contribution in [0.15, 0.2) is 18.3 Å². The zero-order chi connectivity index (χ0) is 14.8. The Balaban J connectivity index is 2.40. The van der Waals surface area contributed by atoms with E-state index in [0.717, 1.165) is 25.7 Å². The van der Waals surface area contributed by atoms with Crippen LogP contribution in [0.4, 0.5) is 4.39 Å². The summed E-state index contributed by atoms with van der Waals surface area (Å²) < 4.78 is 13.1. The minimum Gasteiger partial charge on any atom is -0.383 e. The van der Waals surface area contributed by atoms with Crippen LogP contribution in [0.25, 0.3) is 0 Å². The lowest BCUT2D eigenvalue weighted by molar-refractivity contribution is -0.0936. The third-order valence-corrected chi connectivity index (χ3v) is 5.22. The lowest BCUT2D eigenvalue weighted by Gasteiger charge is -2.44. The van der Waals surface area contributed by atoms with Crippen LogP contribution in [-0.4, -0.2) is 16.6 Å². The van der Waals surface area contributed by atoms with Crippen LogP contribution in [0.2, 0.25) is 0 Å².